The fraction of sp³-hybridized carbons (Fsp3) is 0.389. The van der Waals surface area contributed by atoms with Crippen molar-refractivity contribution in [2.24, 2.45) is 7.05 Å². The number of hydrogen-bond acceptors (Lipinski definition) is 5. The van der Waals surface area contributed by atoms with Gasteiger partial charge in [-0.25, -0.2) is 0 Å². The Kier molecular flexibility index (Phi) is 4.47. The van der Waals surface area contributed by atoms with Gasteiger partial charge in [-0.2, -0.15) is 23.3 Å². The molecule has 0 unspecified atom stereocenters. The molecule has 0 bridgehead atoms. The van der Waals surface area contributed by atoms with E-state index in [1.807, 2.05) is 19.4 Å². The van der Waals surface area contributed by atoms with Crippen molar-refractivity contribution in [3.63, 3.8) is 0 Å². The highest BCUT2D eigenvalue weighted by atomic mass is 19.4. The molecule has 0 saturated carbocycles. The SMILES string of the molecule is Cn1cc([C@@H]2CCCN2Cc2nc(-c3cccc(C(F)(F)F)c3)no2)cn1. The Hall–Kier alpha value is -2.68. The quantitative estimate of drug-likeness (QED) is 0.692. The molecule has 27 heavy (non-hydrogen) atoms. The normalized spacial score (nSPS) is 18.3. The lowest BCUT2D eigenvalue weighted by Gasteiger charge is -2.21. The van der Waals surface area contributed by atoms with Crippen molar-refractivity contribution in [1.82, 2.24) is 24.8 Å². The Morgan fingerprint density at radius 3 is 2.89 bits per heavy atom. The van der Waals surface area contributed by atoms with Crippen LogP contribution in [0.25, 0.3) is 11.4 Å². The maximum Gasteiger partial charge on any atom is 0.416 e. The summed E-state index contributed by atoms with van der Waals surface area (Å²) in [7, 11) is 1.88. The van der Waals surface area contributed by atoms with Crippen LogP contribution in [0.4, 0.5) is 13.2 Å². The number of likely N-dealkylation sites (tertiary alicyclic amines) is 1. The molecule has 3 aromatic rings. The van der Waals surface area contributed by atoms with Crippen LogP contribution in [-0.2, 0) is 19.8 Å². The van der Waals surface area contributed by atoms with E-state index in [4.69, 9.17) is 4.52 Å². The summed E-state index contributed by atoms with van der Waals surface area (Å²) in [5.74, 6) is 0.548. The molecular weight excluding hydrogens is 359 g/mol. The molecule has 0 aliphatic carbocycles. The van der Waals surface area contributed by atoms with Crippen LogP contribution < -0.4 is 0 Å². The van der Waals surface area contributed by atoms with E-state index in [0.29, 0.717) is 12.4 Å². The average molecular weight is 377 g/mol. The average Bonchev–Trinajstić information content (AvgIpc) is 3.36. The molecule has 6 nitrogen and oxygen atoms in total. The number of hydrogen-bond donors (Lipinski definition) is 0. The number of benzene rings is 1. The van der Waals surface area contributed by atoms with Gasteiger partial charge in [0.15, 0.2) is 0 Å². The van der Waals surface area contributed by atoms with E-state index in [1.54, 1.807) is 4.68 Å². The van der Waals surface area contributed by atoms with Crippen LogP contribution in [0, 0.1) is 0 Å². The van der Waals surface area contributed by atoms with E-state index >= 15 is 0 Å². The van der Waals surface area contributed by atoms with Crippen molar-refractivity contribution in [2.75, 3.05) is 6.54 Å². The summed E-state index contributed by atoms with van der Waals surface area (Å²) in [6.07, 6.45) is 1.50. The third kappa shape index (κ3) is 3.73. The third-order valence-electron chi connectivity index (χ3n) is 4.73. The van der Waals surface area contributed by atoms with Crippen LogP contribution >= 0.6 is 0 Å². The first kappa shape index (κ1) is 17.7. The predicted molar refractivity (Wildman–Crippen MR) is 90.3 cm³/mol. The van der Waals surface area contributed by atoms with E-state index in [1.165, 1.54) is 12.1 Å². The molecule has 0 amide bonds. The number of nitrogens with zero attached hydrogens (tertiary/aromatic N) is 5. The van der Waals surface area contributed by atoms with Crippen molar-refractivity contribution in [3.8, 4) is 11.4 Å². The van der Waals surface area contributed by atoms with E-state index < -0.39 is 11.7 Å². The summed E-state index contributed by atoms with van der Waals surface area (Å²) in [6, 6.07) is 5.16. The summed E-state index contributed by atoms with van der Waals surface area (Å²) >= 11 is 0. The zero-order valence-electron chi connectivity index (χ0n) is 14.6. The van der Waals surface area contributed by atoms with Crippen molar-refractivity contribution in [3.05, 3.63) is 53.7 Å². The molecule has 1 saturated heterocycles. The van der Waals surface area contributed by atoms with Gasteiger partial charge in [0.2, 0.25) is 11.7 Å². The van der Waals surface area contributed by atoms with E-state index in [2.05, 4.69) is 20.1 Å². The molecule has 1 fully saturated rings. The monoisotopic (exact) mass is 377 g/mol. The molecule has 0 N–H and O–H groups in total. The molecule has 9 heteroatoms. The zero-order chi connectivity index (χ0) is 19.0. The molecule has 0 radical (unpaired) electrons. The summed E-state index contributed by atoms with van der Waals surface area (Å²) < 4.78 is 45.7. The van der Waals surface area contributed by atoms with Gasteiger partial charge in [0.25, 0.3) is 0 Å². The summed E-state index contributed by atoms with van der Waals surface area (Å²) in [4.78, 5) is 6.52. The van der Waals surface area contributed by atoms with Crippen LogP contribution in [0.15, 0.2) is 41.2 Å². The van der Waals surface area contributed by atoms with Gasteiger partial charge in [-0.15, -0.1) is 0 Å². The molecule has 3 heterocycles. The van der Waals surface area contributed by atoms with Gasteiger partial charge < -0.3 is 4.52 Å². The smallest absolute Gasteiger partial charge is 0.338 e. The molecule has 142 valence electrons. The number of rotatable bonds is 4. The molecule has 1 atom stereocenters. The van der Waals surface area contributed by atoms with Crippen molar-refractivity contribution in [2.45, 2.75) is 31.6 Å². The topological polar surface area (TPSA) is 60.0 Å². The Morgan fingerprint density at radius 1 is 1.30 bits per heavy atom. The Balaban J connectivity index is 1.51. The molecule has 1 aliphatic rings. The number of aryl methyl sites for hydroxylation is 1. The summed E-state index contributed by atoms with van der Waals surface area (Å²) in [5, 5.41) is 8.08. The number of alkyl halides is 3. The van der Waals surface area contributed by atoms with Gasteiger partial charge in [0.1, 0.15) is 0 Å². The highest BCUT2D eigenvalue weighted by Crippen LogP contribution is 2.34. The molecular formula is C18H18F3N5O. The predicted octanol–water partition coefficient (Wildman–Crippen LogP) is 3.83. The Morgan fingerprint density at radius 2 is 2.15 bits per heavy atom. The highest BCUT2D eigenvalue weighted by molar-refractivity contribution is 5.55. The molecule has 1 aromatic carbocycles. The molecule has 0 spiro atoms. The number of halogens is 3. The van der Waals surface area contributed by atoms with Gasteiger partial charge in [0, 0.05) is 30.4 Å². The minimum Gasteiger partial charge on any atom is -0.338 e. The summed E-state index contributed by atoms with van der Waals surface area (Å²) in [6.45, 7) is 1.34. The van der Waals surface area contributed by atoms with Crippen molar-refractivity contribution < 1.29 is 17.7 Å². The highest BCUT2D eigenvalue weighted by Gasteiger charge is 2.31. The lowest BCUT2D eigenvalue weighted by Crippen LogP contribution is -2.22. The maximum absolute atomic E-state index is 12.9. The van der Waals surface area contributed by atoms with Crippen LogP contribution in [0.3, 0.4) is 0 Å². The van der Waals surface area contributed by atoms with Crippen molar-refractivity contribution >= 4 is 0 Å². The molecule has 1 aliphatic heterocycles. The number of aromatic nitrogens is 4. The van der Waals surface area contributed by atoms with Crippen LogP contribution in [0.5, 0.6) is 0 Å². The second-order valence-electron chi connectivity index (χ2n) is 6.67. The minimum absolute atomic E-state index is 0.160. The molecule has 4 rings (SSSR count). The first-order valence-corrected chi connectivity index (χ1v) is 8.63. The van der Waals surface area contributed by atoms with Gasteiger partial charge in [0.05, 0.1) is 18.3 Å². The lowest BCUT2D eigenvalue weighted by atomic mass is 10.1. The third-order valence-corrected chi connectivity index (χ3v) is 4.73. The summed E-state index contributed by atoms with van der Waals surface area (Å²) in [5.41, 5.74) is 0.681. The Labute approximate surface area is 153 Å². The van der Waals surface area contributed by atoms with E-state index in [-0.39, 0.29) is 17.4 Å². The van der Waals surface area contributed by atoms with E-state index in [9.17, 15) is 13.2 Å². The van der Waals surface area contributed by atoms with Crippen LogP contribution in [0.2, 0.25) is 0 Å². The fourth-order valence-corrected chi connectivity index (χ4v) is 3.45. The molecule has 2 aromatic heterocycles. The minimum atomic E-state index is -4.41. The van der Waals surface area contributed by atoms with Crippen LogP contribution in [0.1, 0.15) is 35.9 Å². The van der Waals surface area contributed by atoms with Gasteiger partial charge >= 0.3 is 6.18 Å². The van der Waals surface area contributed by atoms with Gasteiger partial charge in [-0.3, -0.25) is 9.58 Å². The maximum atomic E-state index is 12.9. The standard InChI is InChI=1S/C18H18F3N5O/c1-25-10-13(9-22-25)15-6-3-7-26(15)11-16-23-17(24-27-16)12-4-2-5-14(8-12)18(19,20)21/h2,4-5,8-10,15H,3,6-7,11H2,1H3/t15-/m0/s1. The second kappa shape index (κ2) is 6.80. The van der Waals surface area contributed by atoms with Gasteiger partial charge in [-0.05, 0) is 31.5 Å². The Bertz CT molecular complexity index is 933. The lowest BCUT2D eigenvalue weighted by molar-refractivity contribution is -0.137. The van der Waals surface area contributed by atoms with Crippen molar-refractivity contribution in [1.29, 1.82) is 0 Å². The first-order chi connectivity index (χ1) is 12.9. The van der Waals surface area contributed by atoms with Crippen LogP contribution in [-0.4, -0.2) is 31.4 Å². The fourth-order valence-electron chi connectivity index (χ4n) is 3.45. The van der Waals surface area contributed by atoms with E-state index in [0.717, 1.165) is 37.1 Å². The van der Waals surface area contributed by atoms with Gasteiger partial charge in [-0.1, -0.05) is 17.3 Å². The zero-order valence-corrected chi connectivity index (χ0v) is 14.6. The largest absolute Gasteiger partial charge is 0.416 e. The second-order valence-corrected chi connectivity index (χ2v) is 6.67. The first-order valence-electron chi connectivity index (χ1n) is 8.63.